The Morgan fingerprint density at radius 2 is 1.70 bits per heavy atom. The Morgan fingerprint density at radius 1 is 0.926 bits per heavy atom. The maximum atomic E-state index is 5.90. The van der Waals surface area contributed by atoms with Crippen LogP contribution in [0.3, 0.4) is 0 Å². The van der Waals surface area contributed by atoms with Gasteiger partial charge >= 0.3 is 0 Å². The fourth-order valence-electron chi connectivity index (χ4n) is 2.65. The molecule has 0 atom stereocenters. The summed E-state index contributed by atoms with van der Waals surface area (Å²) in [6.45, 7) is 0.495. The average molecular weight is 441 g/mol. The third-order valence-electron chi connectivity index (χ3n) is 4.03. The predicted octanol–water partition coefficient (Wildman–Crippen LogP) is 6.37. The van der Waals surface area contributed by atoms with Gasteiger partial charge in [0.05, 0.1) is 5.52 Å². The van der Waals surface area contributed by atoms with Crippen LogP contribution in [0.4, 0.5) is 11.5 Å². The number of hydrogen-bond acceptors (Lipinski definition) is 4. The Hall–Kier alpha value is -2.63. The number of rotatable bonds is 5. The first-order chi connectivity index (χ1) is 13.2. The molecule has 6 heteroatoms. The quantitative estimate of drug-likeness (QED) is 0.392. The third-order valence-corrected chi connectivity index (χ3v) is 4.78. The summed E-state index contributed by atoms with van der Waals surface area (Å²) in [7, 11) is 0. The van der Waals surface area contributed by atoms with E-state index in [0.29, 0.717) is 6.61 Å². The van der Waals surface area contributed by atoms with E-state index in [-0.39, 0.29) is 0 Å². The molecule has 27 heavy (non-hydrogen) atoms. The number of ether oxygens (including phenoxy) is 1. The van der Waals surface area contributed by atoms with Crippen LogP contribution in [0.2, 0.25) is 5.02 Å². The molecule has 0 aliphatic rings. The van der Waals surface area contributed by atoms with Crippen LogP contribution in [-0.2, 0) is 6.61 Å². The van der Waals surface area contributed by atoms with Crippen molar-refractivity contribution in [2.75, 3.05) is 5.32 Å². The molecule has 0 amide bonds. The molecule has 0 unspecified atom stereocenters. The van der Waals surface area contributed by atoms with Crippen LogP contribution in [0.1, 0.15) is 5.56 Å². The van der Waals surface area contributed by atoms with Gasteiger partial charge in [0.2, 0.25) is 0 Å². The minimum atomic E-state index is 0.495. The van der Waals surface area contributed by atoms with Crippen LogP contribution >= 0.6 is 27.5 Å². The highest BCUT2D eigenvalue weighted by Gasteiger charge is 2.05. The summed E-state index contributed by atoms with van der Waals surface area (Å²) in [6, 6.07) is 21.3. The van der Waals surface area contributed by atoms with Gasteiger partial charge in [0, 0.05) is 20.6 Å². The van der Waals surface area contributed by atoms with Crippen LogP contribution in [0.15, 0.2) is 77.5 Å². The minimum Gasteiger partial charge on any atom is -0.489 e. The normalized spacial score (nSPS) is 10.7. The maximum absolute atomic E-state index is 5.90. The van der Waals surface area contributed by atoms with Gasteiger partial charge in [-0.15, -0.1) is 0 Å². The van der Waals surface area contributed by atoms with Crippen molar-refractivity contribution >= 4 is 49.9 Å². The molecule has 1 N–H and O–H groups in total. The highest BCUT2D eigenvalue weighted by molar-refractivity contribution is 9.10. The lowest BCUT2D eigenvalue weighted by atomic mass is 10.2. The lowest BCUT2D eigenvalue weighted by molar-refractivity contribution is 0.306. The number of halogens is 2. The van der Waals surface area contributed by atoms with Crippen LogP contribution in [-0.4, -0.2) is 9.97 Å². The molecular weight excluding hydrogens is 426 g/mol. The van der Waals surface area contributed by atoms with Crippen molar-refractivity contribution in [3.8, 4) is 5.75 Å². The van der Waals surface area contributed by atoms with E-state index in [1.807, 2.05) is 66.7 Å². The molecule has 4 rings (SSSR count). The van der Waals surface area contributed by atoms with Gasteiger partial charge in [-0.2, -0.15) is 0 Å². The van der Waals surface area contributed by atoms with Gasteiger partial charge in [0.1, 0.15) is 24.5 Å². The van der Waals surface area contributed by atoms with Crippen molar-refractivity contribution in [2.24, 2.45) is 0 Å². The summed E-state index contributed by atoms with van der Waals surface area (Å²) in [6.07, 6.45) is 1.56. The first kappa shape index (κ1) is 17.8. The molecule has 0 fully saturated rings. The number of fused-ring (bicyclic) bond motifs is 1. The van der Waals surface area contributed by atoms with Crippen LogP contribution in [0, 0.1) is 0 Å². The zero-order valence-corrected chi connectivity index (χ0v) is 16.5. The zero-order chi connectivity index (χ0) is 18.6. The second-order valence-electron chi connectivity index (χ2n) is 5.95. The molecule has 0 spiro atoms. The average Bonchev–Trinajstić information content (AvgIpc) is 2.69. The van der Waals surface area contributed by atoms with Crippen molar-refractivity contribution in [2.45, 2.75) is 6.61 Å². The van der Waals surface area contributed by atoms with E-state index in [2.05, 4.69) is 31.2 Å². The summed E-state index contributed by atoms with van der Waals surface area (Å²) < 4.78 is 6.81. The van der Waals surface area contributed by atoms with Crippen LogP contribution < -0.4 is 10.1 Å². The van der Waals surface area contributed by atoms with Gasteiger partial charge in [-0.1, -0.05) is 39.7 Å². The molecule has 1 heterocycles. The van der Waals surface area contributed by atoms with Crippen LogP contribution in [0.5, 0.6) is 5.75 Å². The predicted molar refractivity (Wildman–Crippen MR) is 113 cm³/mol. The molecule has 0 aliphatic heterocycles. The van der Waals surface area contributed by atoms with E-state index in [4.69, 9.17) is 16.3 Å². The lowest BCUT2D eigenvalue weighted by Gasteiger charge is -2.10. The van der Waals surface area contributed by atoms with Crippen molar-refractivity contribution in [3.05, 3.63) is 88.1 Å². The molecule has 1 aromatic heterocycles. The highest BCUT2D eigenvalue weighted by atomic mass is 79.9. The van der Waals surface area contributed by atoms with E-state index >= 15 is 0 Å². The Balaban J connectivity index is 1.46. The van der Waals surface area contributed by atoms with Gasteiger partial charge in [0.15, 0.2) is 0 Å². The monoisotopic (exact) mass is 439 g/mol. The number of hydrogen-bond donors (Lipinski definition) is 1. The fraction of sp³-hybridized carbons (Fsp3) is 0.0476. The summed E-state index contributed by atoms with van der Waals surface area (Å²) in [4.78, 5) is 8.66. The van der Waals surface area contributed by atoms with Crippen molar-refractivity contribution in [3.63, 3.8) is 0 Å². The number of nitrogens with one attached hydrogen (secondary N) is 1. The van der Waals surface area contributed by atoms with E-state index in [0.717, 1.165) is 43.2 Å². The Bertz CT molecular complexity index is 1070. The molecule has 0 bridgehead atoms. The number of aromatic nitrogens is 2. The second kappa shape index (κ2) is 7.94. The smallest absolute Gasteiger partial charge is 0.141 e. The molecule has 0 radical (unpaired) electrons. The molecule has 0 saturated carbocycles. The molecular formula is C21H15BrClN3O. The van der Waals surface area contributed by atoms with E-state index in [9.17, 15) is 0 Å². The van der Waals surface area contributed by atoms with Crippen molar-refractivity contribution in [1.82, 2.24) is 9.97 Å². The van der Waals surface area contributed by atoms with Crippen molar-refractivity contribution < 1.29 is 4.74 Å². The summed E-state index contributed by atoms with van der Waals surface area (Å²) >= 11 is 9.39. The van der Waals surface area contributed by atoms with E-state index in [1.165, 1.54) is 0 Å². The van der Waals surface area contributed by atoms with Gasteiger partial charge < -0.3 is 10.1 Å². The van der Waals surface area contributed by atoms with Crippen molar-refractivity contribution in [1.29, 1.82) is 0 Å². The lowest BCUT2D eigenvalue weighted by Crippen LogP contribution is -1.97. The summed E-state index contributed by atoms with van der Waals surface area (Å²) in [5.74, 6) is 1.56. The summed E-state index contributed by atoms with van der Waals surface area (Å²) in [5.41, 5.74) is 2.88. The fourth-order valence-corrected chi connectivity index (χ4v) is 3.13. The SMILES string of the molecule is Clc1ccc(COc2ccc(Nc3ncnc4ccc(Br)cc34)cc2)cc1. The number of nitrogens with zero attached hydrogens (tertiary/aromatic N) is 2. The summed E-state index contributed by atoms with van der Waals surface area (Å²) in [5, 5.41) is 5.01. The molecule has 4 nitrogen and oxygen atoms in total. The molecule has 0 saturated heterocycles. The van der Waals surface area contributed by atoms with Gasteiger partial charge in [0.25, 0.3) is 0 Å². The van der Waals surface area contributed by atoms with E-state index < -0.39 is 0 Å². The van der Waals surface area contributed by atoms with Gasteiger partial charge in [-0.05, 0) is 60.2 Å². The molecule has 0 aliphatic carbocycles. The maximum Gasteiger partial charge on any atom is 0.141 e. The molecule has 4 aromatic rings. The minimum absolute atomic E-state index is 0.495. The largest absolute Gasteiger partial charge is 0.489 e. The zero-order valence-electron chi connectivity index (χ0n) is 14.2. The Morgan fingerprint density at radius 3 is 2.48 bits per heavy atom. The third kappa shape index (κ3) is 4.38. The number of anilines is 2. The molecule has 134 valence electrons. The Labute approximate surface area is 170 Å². The second-order valence-corrected chi connectivity index (χ2v) is 7.30. The standard InChI is InChI=1S/C21H15BrClN3O/c22-15-3-10-20-19(11-15)21(25-13-24-20)26-17-6-8-18(9-7-17)27-12-14-1-4-16(23)5-2-14/h1-11,13H,12H2,(H,24,25,26). The van der Waals surface area contributed by atoms with Gasteiger partial charge in [-0.3, -0.25) is 0 Å². The Kier molecular flexibility index (Phi) is 5.23. The molecule has 3 aromatic carbocycles. The van der Waals surface area contributed by atoms with E-state index in [1.54, 1.807) is 6.33 Å². The number of benzene rings is 3. The highest BCUT2D eigenvalue weighted by Crippen LogP contribution is 2.27. The van der Waals surface area contributed by atoms with Gasteiger partial charge in [-0.25, -0.2) is 9.97 Å². The topological polar surface area (TPSA) is 47.0 Å². The van der Waals surface area contributed by atoms with Crippen LogP contribution in [0.25, 0.3) is 10.9 Å². The first-order valence-electron chi connectivity index (χ1n) is 8.32. The first-order valence-corrected chi connectivity index (χ1v) is 9.49.